The van der Waals surface area contributed by atoms with Crippen LogP contribution in [-0.2, 0) is 16.0 Å². The molecule has 1 unspecified atom stereocenters. The van der Waals surface area contributed by atoms with E-state index in [0.717, 1.165) is 45.1 Å². The SMILES string of the molecule is C=CC(=O)NC1CC2(CCCCN2C(=O)CC(CC)Cc2ccccc2)C1. The number of benzene rings is 1. The van der Waals surface area contributed by atoms with Gasteiger partial charge >= 0.3 is 0 Å². The molecular weight excluding hydrogens is 336 g/mol. The van der Waals surface area contributed by atoms with Crippen LogP contribution in [0.5, 0.6) is 0 Å². The number of nitrogens with one attached hydrogen (secondary N) is 1. The van der Waals surface area contributed by atoms with Crippen LogP contribution < -0.4 is 5.32 Å². The van der Waals surface area contributed by atoms with E-state index in [2.05, 4.69) is 48.0 Å². The molecule has 1 saturated heterocycles. The van der Waals surface area contributed by atoms with Crippen molar-refractivity contribution in [2.45, 2.75) is 69.9 Å². The third-order valence-electron chi connectivity index (χ3n) is 6.34. The molecule has 27 heavy (non-hydrogen) atoms. The molecule has 1 aromatic carbocycles. The van der Waals surface area contributed by atoms with Gasteiger partial charge in [0, 0.05) is 24.5 Å². The first-order valence-electron chi connectivity index (χ1n) is 10.3. The van der Waals surface area contributed by atoms with E-state index in [4.69, 9.17) is 0 Å². The molecule has 4 nitrogen and oxygen atoms in total. The van der Waals surface area contributed by atoms with E-state index in [1.165, 1.54) is 18.1 Å². The molecule has 1 aliphatic heterocycles. The summed E-state index contributed by atoms with van der Waals surface area (Å²) in [5, 5.41) is 2.99. The Kier molecular flexibility index (Phi) is 6.35. The van der Waals surface area contributed by atoms with Gasteiger partial charge in [-0.15, -0.1) is 0 Å². The van der Waals surface area contributed by atoms with Crippen LogP contribution in [0.3, 0.4) is 0 Å². The molecule has 1 spiro atoms. The summed E-state index contributed by atoms with van der Waals surface area (Å²) in [4.78, 5) is 26.9. The summed E-state index contributed by atoms with van der Waals surface area (Å²) >= 11 is 0. The maximum atomic E-state index is 13.2. The maximum Gasteiger partial charge on any atom is 0.243 e. The van der Waals surface area contributed by atoms with Gasteiger partial charge in [-0.05, 0) is 56.1 Å². The van der Waals surface area contributed by atoms with Crippen LogP contribution in [0, 0.1) is 5.92 Å². The minimum atomic E-state index is -0.113. The fourth-order valence-corrected chi connectivity index (χ4v) is 4.79. The van der Waals surface area contributed by atoms with E-state index in [9.17, 15) is 9.59 Å². The Labute approximate surface area is 163 Å². The number of rotatable bonds is 7. The zero-order chi connectivity index (χ0) is 19.3. The molecule has 146 valence electrons. The lowest BCUT2D eigenvalue weighted by Crippen LogP contribution is -2.66. The molecule has 2 aliphatic rings. The topological polar surface area (TPSA) is 49.4 Å². The van der Waals surface area contributed by atoms with Gasteiger partial charge in [0.2, 0.25) is 11.8 Å². The second-order valence-electron chi connectivity index (χ2n) is 8.21. The van der Waals surface area contributed by atoms with E-state index < -0.39 is 0 Å². The van der Waals surface area contributed by atoms with E-state index in [0.29, 0.717) is 18.2 Å². The van der Waals surface area contributed by atoms with E-state index in [-0.39, 0.29) is 17.5 Å². The molecule has 0 aromatic heterocycles. The number of nitrogens with zero attached hydrogens (tertiary/aromatic N) is 1. The van der Waals surface area contributed by atoms with Crippen LogP contribution in [0.4, 0.5) is 0 Å². The van der Waals surface area contributed by atoms with Gasteiger partial charge in [-0.1, -0.05) is 50.3 Å². The molecule has 0 radical (unpaired) electrons. The van der Waals surface area contributed by atoms with E-state index >= 15 is 0 Å². The van der Waals surface area contributed by atoms with Gasteiger partial charge in [0.05, 0.1) is 0 Å². The second-order valence-corrected chi connectivity index (χ2v) is 8.21. The number of hydrogen-bond acceptors (Lipinski definition) is 2. The first kappa shape index (κ1) is 19.7. The summed E-state index contributed by atoms with van der Waals surface area (Å²) in [6.07, 6.45) is 9.01. The normalized spacial score (nSPS) is 25.5. The lowest BCUT2D eigenvalue weighted by atomic mass is 9.66. The van der Waals surface area contributed by atoms with Crippen molar-refractivity contribution in [1.82, 2.24) is 10.2 Å². The largest absolute Gasteiger partial charge is 0.350 e. The van der Waals surface area contributed by atoms with Crippen molar-refractivity contribution in [3.63, 3.8) is 0 Å². The number of piperidine rings is 1. The minimum absolute atomic E-state index is 0.0283. The number of likely N-dealkylation sites (tertiary alicyclic amines) is 1. The minimum Gasteiger partial charge on any atom is -0.350 e. The van der Waals surface area contributed by atoms with Crippen molar-refractivity contribution in [2.24, 2.45) is 5.92 Å². The van der Waals surface area contributed by atoms with Crippen LogP contribution in [0.1, 0.15) is 57.4 Å². The fourth-order valence-electron chi connectivity index (χ4n) is 4.79. The Morgan fingerprint density at radius 1 is 1.30 bits per heavy atom. The average molecular weight is 369 g/mol. The van der Waals surface area contributed by atoms with Crippen molar-refractivity contribution in [3.05, 3.63) is 48.6 Å². The molecule has 1 N–H and O–H groups in total. The molecule has 1 heterocycles. The van der Waals surface area contributed by atoms with Crippen LogP contribution in [0.25, 0.3) is 0 Å². The van der Waals surface area contributed by atoms with E-state index in [1.54, 1.807) is 0 Å². The Bertz CT molecular complexity index is 664. The van der Waals surface area contributed by atoms with Gasteiger partial charge in [-0.3, -0.25) is 9.59 Å². The third kappa shape index (κ3) is 4.60. The Balaban J connectivity index is 1.60. The van der Waals surface area contributed by atoms with Gasteiger partial charge in [-0.25, -0.2) is 0 Å². The Morgan fingerprint density at radius 3 is 2.70 bits per heavy atom. The van der Waals surface area contributed by atoms with Crippen LogP contribution >= 0.6 is 0 Å². The maximum absolute atomic E-state index is 13.2. The van der Waals surface area contributed by atoms with Crippen molar-refractivity contribution in [2.75, 3.05) is 6.54 Å². The quantitative estimate of drug-likeness (QED) is 0.743. The summed E-state index contributed by atoms with van der Waals surface area (Å²) in [7, 11) is 0. The third-order valence-corrected chi connectivity index (χ3v) is 6.34. The predicted molar refractivity (Wildman–Crippen MR) is 108 cm³/mol. The molecule has 4 heteroatoms. The van der Waals surface area contributed by atoms with Crippen LogP contribution in [-0.4, -0.2) is 34.8 Å². The number of amides is 2. The summed E-state index contributed by atoms with van der Waals surface area (Å²) < 4.78 is 0. The number of carbonyl (C=O) groups excluding carboxylic acids is 2. The fraction of sp³-hybridized carbons (Fsp3) is 0.565. The standard InChI is InChI=1S/C23H32N2O2/c1-3-18(14-19-10-6-5-7-11-19)15-22(27)25-13-9-8-12-23(25)16-20(17-23)24-21(26)4-2/h4-7,10-11,18,20H,2-3,8-9,12-17H2,1H3,(H,24,26). The van der Waals surface area contributed by atoms with Crippen molar-refractivity contribution >= 4 is 11.8 Å². The van der Waals surface area contributed by atoms with Gasteiger partial charge in [0.1, 0.15) is 0 Å². The molecule has 0 bridgehead atoms. The highest BCUT2D eigenvalue weighted by atomic mass is 16.2. The monoisotopic (exact) mass is 368 g/mol. The number of hydrogen-bond donors (Lipinski definition) is 1. The average Bonchev–Trinajstić information content (AvgIpc) is 2.67. The molecule has 2 amide bonds. The lowest BCUT2D eigenvalue weighted by Gasteiger charge is -2.57. The van der Waals surface area contributed by atoms with Crippen LogP contribution in [0.2, 0.25) is 0 Å². The molecule has 1 atom stereocenters. The second kappa shape index (κ2) is 8.73. The summed E-state index contributed by atoms with van der Waals surface area (Å²) in [6, 6.07) is 10.6. The van der Waals surface area contributed by atoms with E-state index in [1.807, 2.05) is 6.07 Å². The molecule has 3 rings (SSSR count). The first-order valence-corrected chi connectivity index (χ1v) is 10.3. The van der Waals surface area contributed by atoms with Crippen molar-refractivity contribution in [1.29, 1.82) is 0 Å². The summed E-state index contributed by atoms with van der Waals surface area (Å²) in [6.45, 7) is 6.56. The first-order chi connectivity index (χ1) is 13.1. The van der Waals surface area contributed by atoms with Crippen molar-refractivity contribution < 1.29 is 9.59 Å². The molecule has 2 fully saturated rings. The highest BCUT2D eigenvalue weighted by molar-refractivity contribution is 5.87. The Morgan fingerprint density at radius 2 is 2.04 bits per heavy atom. The lowest BCUT2D eigenvalue weighted by molar-refractivity contribution is -0.148. The molecule has 1 aliphatic carbocycles. The van der Waals surface area contributed by atoms with Gasteiger partial charge < -0.3 is 10.2 Å². The molecule has 1 saturated carbocycles. The van der Waals surface area contributed by atoms with Gasteiger partial charge in [0.15, 0.2) is 0 Å². The number of carbonyl (C=O) groups is 2. The molecular formula is C23H32N2O2. The Hall–Kier alpha value is -2.10. The van der Waals surface area contributed by atoms with Crippen molar-refractivity contribution in [3.8, 4) is 0 Å². The molecule has 1 aromatic rings. The zero-order valence-electron chi connectivity index (χ0n) is 16.5. The predicted octanol–water partition coefficient (Wildman–Crippen LogP) is 3.86. The summed E-state index contributed by atoms with van der Waals surface area (Å²) in [5.41, 5.74) is 1.28. The summed E-state index contributed by atoms with van der Waals surface area (Å²) in [5.74, 6) is 0.568. The van der Waals surface area contributed by atoms with Crippen LogP contribution in [0.15, 0.2) is 43.0 Å². The smallest absolute Gasteiger partial charge is 0.243 e. The highest BCUT2D eigenvalue weighted by Crippen LogP contribution is 2.45. The van der Waals surface area contributed by atoms with Gasteiger partial charge in [0.25, 0.3) is 0 Å². The highest BCUT2D eigenvalue weighted by Gasteiger charge is 2.51. The zero-order valence-corrected chi connectivity index (χ0v) is 16.5. The van der Waals surface area contributed by atoms with Gasteiger partial charge in [-0.2, -0.15) is 0 Å².